The standard InChI is InChI=1S/C20H36O5Si2.C16H26O3Si.C14H24O5Si2.C12H18O4Si.6CH4/c1-20(2,25-14-8-16-27(6)23-4)19(21)17-9-11-18(12-10-17)24-13-7-15-26(5)22-3;1-16(2,3)15(17)13-7-9-14(10-8-13)19-11-6-12-20(5)18-4;1-14(2,19-21(6)17-4)13(15)11-7-9-12(10-8-11)18-20(5)16-3;1-12(2,14)11(13)9-5-7-10(8-6-9)16-17(4)15-3;;;;;;/h9-12,26-27H,7-8,13-16H2,1-6H3;7-10,20H,6,11-12H2,1-5H3;7-10,20-21H,1-6H3;5-8,14,17H,1-4H3;6*1H4. The lowest BCUT2D eigenvalue weighted by Gasteiger charge is -2.27. The molecule has 6 unspecified atom stereocenters. The molecular formula is C68H128O17Si6. The highest BCUT2D eigenvalue weighted by Crippen LogP contribution is 2.25. The molecule has 0 spiro atoms. The Balaban J connectivity index is -0.000000262. The minimum Gasteiger partial charge on any atom is -0.522 e. The Morgan fingerprint density at radius 1 is 0.363 bits per heavy atom. The van der Waals surface area contributed by atoms with Gasteiger partial charge in [0, 0.05) is 76.9 Å². The fourth-order valence-electron chi connectivity index (χ4n) is 7.49. The van der Waals surface area contributed by atoms with Crippen molar-refractivity contribution in [3.05, 3.63) is 119 Å². The van der Waals surface area contributed by atoms with E-state index in [1.54, 1.807) is 105 Å². The van der Waals surface area contributed by atoms with Gasteiger partial charge in [0.25, 0.3) is 0 Å². The second kappa shape index (κ2) is 50.2. The summed E-state index contributed by atoms with van der Waals surface area (Å²) >= 11 is 0. The van der Waals surface area contributed by atoms with Gasteiger partial charge >= 0.3 is 27.9 Å². The first-order valence-corrected chi connectivity index (χ1v) is 42.8. The third-order valence-corrected chi connectivity index (χ3v) is 23.5. The van der Waals surface area contributed by atoms with Crippen molar-refractivity contribution < 1.29 is 78.3 Å². The van der Waals surface area contributed by atoms with Crippen LogP contribution in [0.4, 0.5) is 0 Å². The number of benzene rings is 4. The van der Waals surface area contributed by atoms with E-state index in [0.717, 1.165) is 54.5 Å². The van der Waals surface area contributed by atoms with Gasteiger partial charge in [-0.3, -0.25) is 19.2 Å². The van der Waals surface area contributed by atoms with Crippen LogP contribution in [0.1, 0.15) is 168 Å². The molecular weight excluding hydrogens is 1260 g/mol. The van der Waals surface area contributed by atoms with Crippen LogP contribution in [0.25, 0.3) is 0 Å². The number of hydrogen-bond donors (Lipinski definition) is 1. The van der Waals surface area contributed by atoms with E-state index in [4.69, 9.17) is 54.0 Å². The average Bonchev–Trinajstić information content (AvgIpc) is 1.03. The first kappa shape index (κ1) is 97.8. The van der Waals surface area contributed by atoms with Gasteiger partial charge in [-0.05, 0) is 215 Å². The van der Waals surface area contributed by atoms with Crippen molar-refractivity contribution in [1.82, 2.24) is 0 Å². The zero-order valence-corrected chi connectivity index (χ0v) is 62.0. The summed E-state index contributed by atoms with van der Waals surface area (Å²) in [5.74, 6) is 2.78. The Morgan fingerprint density at radius 2 is 0.637 bits per heavy atom. The van der Waals surface area contributed by atoms with Crippen molar-refractivity contribution in [3.63, 3.8) is 0 Å². The average molecular weight is 1390 g/mol. The fourth-order valence-corrected chi connectivity index (χ4v) is 12.7. The number of hydrogen-bond acceptors (Lipinski definition) is 17. The summed E-state index contributed by atoms with van der Waals surface area (Å²) in [6.07, 6.45) is 2.94. The van der Waals surface area contributed by atoms with E-state index in [9.17, 15) is 24.3 Å². The van der Waals surface area contributed by atoms with Crippen LogP contribution >= 0.6 is 0 Å². The quantitative estimate of drug-likeness (QED) is 0.0263. The molecule has 17 nitrogen and oxygen atoms in total. The van der Waals surface area contributed by atoms with Crippen LogP contribution in [0.15, 0.2) is 97.1 Å². The van der Waals surface area contributed by atoms with E-state index in [2.05, 4.69) is 19.6 Å². The number of aliphatic hydroxyl groups is 1. The highest BCUT2D eigenvalue weighted by molar-refractivity contribution is 6.50. The van der Waals surface area contributed by atoms with Crippen LogP contribution < -0.4 is 18.3 Å². The van der Waals surface area contributed by atoms with Crippen LogP contribution in [-0.2, 0) is 35.7 Å². The molecule has 0 amide bonds. The molecule has 4 rings (SSSR count). The van der Waals surface area contributed by atoms with Gasteiger partial charge in [0.2, 0.25) is 0 Å². The van der Waals surface area contributed by atoms with E-state index in [0.29, 0.717) is 48.0 Å². The smallest absolute Gasteiger partial charge is 0.378 e. The molecule has 0 heterocycles. The van der Waals surface area contributed by atoms with E-state index < -0.39 is 71.8 Å². The van der Waals surface area contributed by atoms with Gasteiger partial charge in [-0.2, -0.15) is 0 Å². The minimum absolute atomic E-state index is 0. The summed E-state index contributed by atoms with van der Waals surface area (Å²) in [4.78, 5) is 49.1. The lowest BCUT2D eigenvalue weighted by molar-refractivity contribution is -0.00430. The molecule has 0 radical (unpaired) electrons. The van der Waals surface area contributed by atoms with Crippen molar-refractivity contribution in [2.75, 3.05) is 62.5 Å². The normalized spacial score (nSPS) is 12.9. The molecule has 0 aliphatic carbocycles. The number of rotatable bonds is 34. The topological polar surface area (TPSA) is 199 Å². The second-order valence-corrected chi connectivity index (χ2v) is 36.7. The first-order chi connectivity index (χ1) is 39.8. The van der Waals surface area contributed by atoms with Crippen LogP contribution in [0.3, 0.4) is 0 Å². The van der Waals surface area contributed by atoms with Crippen molar-refractivity contribution in [1.29, 1.82) is 0 Å². The number of ketones is 4. The van der Waals surface area contributed by atoms with Gasteiger partial charge in [-0.1, -0.05) is 65.3 Å². The molecule has 6 atom stereocenters. The fraction of sp³-hybridized carbons (Fsp3) is 0.588. The first-order valence-electron chi connectivity index (χ1n) is 29.2. The number of ether oxygens (including phenoxy) is 3. The SMILES string of the molecule is C.C.C.C.C.C.CO[SiH](C)CCCOc1ccc(C(=O)C(C)(C)C)cc1.CO[SiH](C)CCCOc1ccc(C(=O)C(C)(C)OCCC[SiH](C)OC)cc1.CO[SiH](C)Oc1ccc(C(=O)C(C)(C)O)cc1.CO[SiH](C)Oc1ccc(C(=O)C(C)(C)O[SiH](C)OC)cc1. The predicted molar refractivity (Wildman–Crippen MR) is 395 cm³/mol. The lowest BCUT2D eigenvalue weighted by Crippen LogP contribution is -2.40. The Labute approximate surface area is 563 Å². The molecule has 0 saturated heterocycles. The van der Waals surface area contributed by atoms with E-state index >= 15 is 0 Å². The van der Waals surface area contributed by atoms with E-state index in [1.807, 2.05) is 103 Å². The lowest BCUT2D eigenvalue weighted by atomic mass is 9.86. The van der Waals surface area contributed by atoms with Crippen LogP contribution in [0.5, 0.6) is 23.0 Å². The van der Waals surface area contributed by atoms with Crippen molar-refractivity contribution in [2.24, 2.45) is 5.41 Å². The Morgan fingerprint density at radius 3 is 0.923 bits per heavy atom. The predicted octanol–water partition coefficient (Wildman–Crippen LogP) is 14.9. The molecule has 0 fully saturated rings. The minimum atomic E-state index is -1.78. The van der Waals surface area contributed by atoms with Gasteiger partial charge in [-0.25, -0.2) is 0 Å². The summed E-state index contributed by atoms with van der Waals surface area (Å²) in [5, 5.41) is 9.60. The Bertz CT molecular complexity index is 2510. The van der Waals surface area contributed by atoms with Gasteiger partial charge in [0.1, 0.15) is 39.8 Å². The van der Waals surface area contributed by atoms with Crippen molar-refractivity contribution >= 4 is 78.1 Å². The number of carbonyl (C=O) groups excluding carboxylic acids is 4. The van der Waals surface area contributed by atoms with E-state index in [-0.39, 0.29) is 73.1 Å². The molecule has 0 aliphatic rings. The molecule has 4 aromatic rings. The van der Waals surface area contributed by atoms with Crippen LogP contribution in [-0.4, -0.2) is 162 Å². The van der Waals surface area contributed by atoms with Gasteiger partial charge in [0.05, 0.1) is 13.2 Å². The molecule has 4 aromatic carbocycles. The monoisotopic (exact) mass is 1380 g/mol. The third kappa shape index (κ3) is 39.9. The highest BCUT2D eigenvalue weighted by Gasteiger charge is 2.33. The highest BCUT2D eigenvalue weighted by atomic mass is 28.3. The van der Waals surface area contributed by atoms with Crippen LogP contribution in [0.2, 0.25) is 57.4 Å². The maximum Gasteiger partial charge on any atom is 0.378 e. The summed E-state index contributed by atoms with van der Waals surface area (Å²) in [6.45, 7) is 30.2. The summed E-state index contributed by atoms with van der Waals surface area (Å²) in [7, 11) is 2.11. The molecule has 91 heavy (non-hydrogen) atoms. The summed E-state index contributed by atoms with van der Waals surface area (Å²) in [6, 6.07) is 31.8. The largest absolute Gasteiger partial charge is 0.522 e. The Kier molecular flexibility index (Phi) is 53.9. The maximum atomic E-state index is 12.7. The third-order valence-electron chi connectivity index (χ3n) is 13.3. The number of Topliss-reactive ketones (excluding diaryl/α,β-unsaturated/α-hetero) is 4. The maximum absolute atomic E-state index is 12.7. The van der Waals surface area contributed by atoms with Gasteiger partial charge in [-0.15, -0.1) is 0 Å². The van der Waals surface area contributed by atoms with Gasteiger partial charge in [0.15, 0.2) is 50.3 Å². The van der Waals surface area contributed by atoms with Gasteiger partial charge < -0.3 is 59.2 Å². The zero-order valence-electron chi connectivity index (χ0n) is 55.0. The van der Waals surface area contributed by atoms with Crippen molar-refractivity contribution in [3.8, 4) is 23.0 Å². The molecule has 0 saturated carbocycles. The number of carbonyl (C=O) groups is 4. The molecule has 0 bridgehead atoms. The molecule has 23 heteroatoms. The molecule has 1 N–H and O–H groups in total. The summed E-state index contributed by atoms with van der Waals surface area (Å²) < 4.78 is 65.7. The zero-order chi connectivity index (χ0) is 64.6. The molecule has 0 aromatic heterocycles. The van der Waals surface area contributed by atoms with Crippen molar-refractivity contribution in [2.45, 2.75) is 200 Å². The Hall–Kier alpha value is -4.30. The van der Waals surface area contributed by atoms with E-state index in [1.165, 1.54) is 13.8 Å². The second-order valence-electron chi connectivity index (χ2n) is 23.1. The van der Waals surface area contributed by atoms with Crippen LogP contribution in [0, 0.1) is 5.41 Å². The molecule has 526 valence electrons. The molecule has 0 aliphatic heterocycles. The summed E-state index contributed by atoms with van der Waals surface area (Å²) in [5.41, 5.74) is -0.967.